The highest BCUT2D eigenvalue weighted by Crippen LogP contribution is 2.31. The summed E-state index contributed by atoms with van der Waals surface area (Å²) in [6.07, 6.45) is 0. The summed E-state index contributed by atoms with van der Waals surface area (Å²) >= 11 is 5.79. The quantitative estimate of drug-likeness (QED) is 0.474. The number of furan rings is 1. The molecule has 0 saturated heterocycles. The van der Waals surface area contributed by atoms with Crippen molar-refractivity contribution in [3.8, 4) is 11.3 Å². The van der Waals surface area contributed by atoms with Gasteiger partial charge in [0, 0.05) is 28.9 Å². The molecule has 2 aromatic carbocycles. The van der Waals surface area contributed by atoms with Crippen molar-refractivity contribution in [3.05, 3.63) is 85.1 Å². The fourth-order valence-corrected chi connectivity index (χ4v) is 2.68. The van der Waals surface area contributed by atoms with Crippen molar-refractivity contribution in [2.45, 2.75) is 6.92 Å². The van der Waals surface area contributed by atoms with Gasteiger partial charge in [0.05, 0.1) is 9.85 Å². The Balaban J connectivity index is 1.83. The maximum Gasteiger partial charge on any atom is 0.291 e. The molecule has 0 aliphatic carbocycles. The minimum absolute atomic E-state index is 0.0146. The first-order chi connectivity index (χ1) is 13.3. The molecule has 9 nitrogen and oxygen atoms in total. The average molecular weight is 402 g/mol. The highest BCUT2D eigenvalue weighted by atomic mass is 35.5. The van der Waals surface area contributed by atoms with Crippen molar-refractivity contribution in [1.29, 1.82) is 0 Å². The van der Waals surface area contributed by atoms with E-state index in [9.17, 15) is 25.0 Å². The Kier molecular flexibility index (Phi) is 5.10. The Bertz CT molecular complexity index is 1110. The van der Waals surface area contributed by atoms with Gasteiger partial charge in [0.2, 0.25) is 0 Å². The third kappa shape index (κ3) is 3.84. The molecule has 10 heteroatoms. The van der Waals surface area contributed by atoms with Crippen LogP contribution in [0.15, 0.2) is 52.9 Å². The number of aryl methyl sites for hydroxylation is 1. The van der Waals surface area contributed by atoms with Crippen molar-refractivity contribution in [2.75, 3.05) is 5.32 Å². The number of nitrogens with one attached hydrogen (secondary N) is 1. The van der Waals surface area contributed by atoms with Crippen LogP contribution in [0, 0.1) is 27.2 Å². The monoisotopic (exact) mass is 401 g/mol. The van der Waals surface area contributed by atoms with E-state index in [1.54, 1.807) is 6.92 Å². The summed E-state index contributed by atoms with van der Waals surface area (Å²) in [6, 6.07) is 11.3. The first-order valence-electron chi connectivity index (χ1n) is 7.87. The summed E-state index contributed by atoms with van der Waals surface area (Å²) in [4.78, 5) is 33.2. The molecule has 28 heavy (non-hydrogen) atoms. The maximum absolute atomic E-state index is 12.4. The van der Waals surface area contributed by atoms with Gasteiger partial charge in [-0.2, -0.15) is 0 Å². The van der Waals surface area contributed by atoms with Gasteiger partial charge in [-0.3, -0.25) is 25.0 Å². The topological polar surface area (TPSA) is 129 Å². The molecule has 3 rings (SSSR count). The lowest BCUT2D eigenvalue weighted by Crippen LogP contribution is -2.11. The van der Waals surface area contributed by atoms with Crippen LogP contribution in [0.5, 0.6) is 0 Å². The second-order valence-corrected chi connectivity index (χ2v) is 6.21. The molecule has 1 amide bonds. The van der Waals surface area contributed by atoms with Gasteiger partial charge in [-0.05, 0) is 37.3 Å². The molecule has 0 fully saturated rings. The largest absolute Gasteiger partial charge is 0.451 e. The van der Waals surface area contributed by atoms with Crippen LogP contribution in [0.1, 0.15) is 16.1 Å². The molecule has 0 atom stereocenters. The van der Waals surface area contributed by atoms with Gasteiger partial charge in [-0.1, -0.05) is 17.7 Å². The molecule has 1 N–H and O–H groups in total. The zero-order valence-electron chi connectivity index (χ0n) is 14.3. The van der Waals surface area contributed by atoms with Crippen LogP contribution in [0.25, 0.3) is 11.3 Å². The number of hydrogen-bond donors (Lipinski definition) is 1. The number of hydrogen-bond acceptors (Lipinski definition) is 6. The number of rotatable bonds is 5. The fourth-order valence-electron chi connectivity index (χ4n) is 2.50. The smallest absolute Gasteiger partial charge is 0.291 e. The lowest BCUT2D eigenvalue weighted by Gasteiger charge is -2.04. The second-order valence-electron chi connectivity index (χ2n) is 5.80. The number of carbonyl (C=O) groups excluding carboxylic acids is 1. The molecular weight excluding hydrogens is 390 g/mol. The van der Waals surface area contributed by atoms with Crippen LogP contribution in [0.3, 0.4) is 0 Å². The van der Waals surface area contributed by atoms with Crippen LogP contribution in [0.2, 0.25) is 5.02 Å². The maximum atomic E-state index is 12.4. The number of nitro benzene ring substituents is 2. The number of halogens is 1. The lowest BCUT2D eigenvalue weighted by molar-refractivity contribution is -0.385. The van der Waals surface area contributed by atoms with Crippen LogP contribution < -0.4 is 5.32 Å². The van der Waals surface area contributed by atoms with Gasteiger partial charge < -0.3 is 9.73 Å². The Hall–Kier alpha value is -3.72. The lowest BCUT2D eigenvalue weighted by atomic mass is 10.1. The van der Waals surface area contributed by atoms with Crippen molar-refractivity contribution < 1.29 is 19.1 Å². The molecule has 3 aromatic rings. The Morgan fingerprint density at radius 3 is 2.39 bits per heavy atom. The summed E-state index contributed by atoms with van der Waals surface area (Å²) in [5.41, 5.74) is 0.677. The first-order valence-corrected chi connectivity index (χ1v) is 8.24. The van der Waals surface area contributed by atoms with Gasteiger partial charge in [-0.25, -0.2) is 0 Å². The summed E-state index contributed by atoms with van der Waals surface area (Å²) in [6.45, 7) is 1.59. The number of nitrogens with zero attached hydrogens (tertiary/aromatic N) is 2. The SMILES string of the molecule is Cc1ccc(NC(=O)c2ccc(-c3ccc(Cl)c([N+](=O)[O-])c3)o2)cc1[N+](=O)[O-]. The number of nitro groups is 2. The van der Waals surface area contributed by atoms with E-state index in [0.717, 1.165) is 0 Å². The van der Waals surface area contributed by atoms with Crippen molar-refractivity contribution in [3.63, 3.8) is 0 Å². The molecule has 0 spiro atoms. The standard InChI is InChI=1S/C18H12ClN3O6/c1-10-2-4-12(9-14(10)21(24)25)20-18(23)17-7-6-16(28-17)11-3-5-13(19)15(8-11)22(26)27/h2-9H,1H3,(H,20,23). The summed E-state index contributed by atoms with van der Waals surface area (Å²) in [5.74, 6) is -0.441. The van der Waals surface area contributed by atoms with Crippen molar-refractivity contribution in [1.82, 2.24) is 0 Å². The van der Waals surface area contributed by atoms with Crippen LogP contribution in [0.4, 0.5) is 17.1 Å². The summed E-state index contributed by atoms with van der Waals surface area (Å²) in [5, 5.41) is 24.5. The van der Waals surface area contributed by atoms with Crippen LogP contribution >= 0.6 is 11.6 Å². The second kappa shape index (κ2) is 7.49. The molecule has 1 aromatic heterocycles. The molecule has 0 bridgehead atoms. The van der Waals surface area contributed by atoms with Gasteiger partial charge >= 0.3 is 0 Å². The fraction of sp³-hybridized carbons (Fsp3) is 0.0556. The number of carbonyl (C=O) groups is 1. The van der Waals surface area contributed by atoms with Crippen molar-refractivity contribution >= 4 is 34.6 Å². The van der Waals surface area contributed by atoms with Gasteiger partial charge in [0.1, 0.15) is 10.8 Å². The van der Waals surface area contributed by atoms with E-state index in [4.69, 9.17) is 16.0 Å². The van der Waals surface area contributed by atoms with E-state index in [0.29, 0.717) is 11.1 Å². The molecule has 142 valence electrons. The zero-order valence-corrected chi connectivity index (χ0v) is 15.1. The number of amides is 1. The third-order valence-corrected chi connectivity index (χ3v) is 4.24. The zero-order chi connectivity index (χ0) is 20.4. The molecule has 0 radical (unpaired) electrons. The van der Waals surface area contributed by atoms with Gasteiger partial charge in [0.25, 0.3) is 17.3 Å². The highest BCUT2D eigenvalue weighted by molar-refractivity contribution is 6.32. The minimum atomic E-state index is -0.618. The molecule has 1 heterocycles. The summed E-state index contributed by atoms with van der Waals surface area (Å²) in [7, 11) is 0. The highest BCUT2D eigenvalue weighted by Gasteiger charge is 2.18. The Morgan fingerprint density at radius 1 is 1.00 bits per heavy atom. The predicted octanol–water partition coefficient (Wildman–Crippen LogP) is 4.98. The van der Waals surface area contributed by atoms with E-state index in [-0.39, 0.29) is 33.6 Å². The molecule has 0 aliphatic heterocycles. The third-order valence-electron chi connectivity index (χ3n) is 3.92. The molecule has 0 unspecified atom stereocenters. The number of anilines is 1. The Morgan fingerprint density at radius 2 is 1.71 bits per heavy atom. The van der Waals surface area contributed by atoms with Crippen LogP contribution in [-0.2, 0) is 0 Å². The van der Waals surface area contributed by atoms with E-state index in [1.807, 2.05) is 0 Å². The molecule has 0 saturated carbocycles. The van der Waals surface area contributed by atoms with Crippen molar-refractivity contribution in [2.24, 2.45) is 0 Å². The average Bonchev–Trinajstić information content (AvgIpc) is 3.13. The van der Waals surface area contributed by atoms with Gasteiger partial charge in [0.15, 0.2) is 5.76 Å². The molecular formula is C18H12ClN3O6. The minimum Gasteiger partial charge on any atom is -0.451 e. The van der Waals surface area contributed by atoms with E-state index in [2.05, 4.69) is 5.32 Å². The van der Waals surface area contributed by atoms with E-state index in [1.165, 1.54) is 48.5 Å². The van der Waals surface area contributed by atoms with Crippen LogP contribution in [-0.4, -0.2) is 15.8 Å². The normalized spacial score (nSPS) is 10.5. The van der Waals surface area contributed by atoms with E-state index < -0.39 is 15.8 Å². The predicted molar refractivity (Wildman–Crippen MR) is 102 cm³/mol. The van der Waals surface area contributed by atoms with E-state index >= 15 is 0 Å². The Labute approximate surface area is 162 Å². The van der Waals surface area contributed by atoms with Gasteiger partial charge in [-0.15, -0.1) is 0 Å². The molecule has 0 aliphatic rings. The first kappa shape index (κ1) is 19.1. The summed E-state index contributed by atoms with van der Waals surface area (Å²) < 4.78 is 5.47. The number of benzene rings is 2.